The summed E-state index contributed by atoms with van der Waals surface area (Å²) in [6.45, 7) is 8.90. The maximum Gasteiger partial charge on any atom is 0.333 e. The van der Waals surface area contributed by atoms with Crippen molar-refractivity contribution in [3.05, 3.63) is 30.4 Å². The Balaban J connectivity index is 2.04. The first-order valence-electron chi connectivity index (χ1n) is 6.86. The molecule has 1 aromatic heterocycles. The van der Waals surface area contributed by atoms with Crippen molar-refractivity contribution >= 4 is 5.97 Å². The van der Waals surface area contributed by atoms with E-state index >= 15 is 0 Å². The monoisotopic (exact) mass is 265 g/mol. The second-order valence-corrected chi connectivity index (χ2v) is 4.98. The summed E-state index contributed by atoms with van der Waals surface area (Å²) in [5, 5.41) is 0. The second kappa shape index (κ2) is 7.77. The Morgan fingerprint density at radius 3 is 2.63 bits per heavy atom. The number of unbranched alkanes of at least 4 members (excludes halogenated alkanes) is 3. The predicted octanol–water partition coefficient (Wildman–Crippen LogP) is 2.30. The van der Waals surface area contributed by atoms with Gasteiger partial charge in [0.15, 0.2) is 0 Å². The summed E-state index contributed by atoms with van der Waals surface area (Å²) >= 11 is 0. The minimum absolute atomic E-state index is 0.282. The molecule has 0 radical (unpaired) electrons. The van der Waals surface area contributed by atoms with Crippen molar-refractivity contribution in [1.82, 2.24) is 4.57 Å². The molecule has 0 bridgehead atoms. The smallest absolute Gasteiger partial charge is 0.333 e. The Labute approximate surface area is 115 Å². The van der Waals surface area contributed by atoms with Crippen LogP contribution in [0.4, 0.5) is 0 Å². The Morgan fingerprint density at radius 2 is 2.05 bits per heavy atom. The number of aromatic nitrogens is 2. The van der Waals surface area contributed by atoms with Gasteiger partial charge in [0, 0.05) is 12.5 Å². The highest BCUT2D eigenvalue weighted by molar-refractivity contribution is 5.86. The summed E-state index contributed by atoms with van der Waals surface area (Å²) in [5.41, 5.74) is 0.468. The predicted molar refractivity (Wildman–Crippen MR) is 74.6 cm³/mol. The van der Waals surface area contributed by atoms with Crippen molar-refractivity contribution in [3.63, 3.8) is 0 Å². The van der Waals surface area contributed by atoms with Crippen LogP contribution in [-0.2, 0) is 23.1 Å². The summed E-state index contributed by atoms with van der Waals surface area (Å²) in [5.74, 6) is 0.992. The lowest BCUT2D eigenvalue weighted by molar-refractivity contribution is -0.677. The van der Waals surface area contributed by atoms with Gasteiger partial charge in [0.2, 0.25) is 0 Å². The third kappa shape index (κ3) is 5.28. The van der Waals surface area contributed by atoms with E-state index in [2.05, 4.69) is 42.1 Å². The van der Waals surface area contributed by atoms with E-state index < -0.39 is 0 Å². The first kappa shape index (κ1) is 15.5. The van der Waals surface area contributed by atoms with Gasteiger partial charge < -0.3 is 4.74 Å². The minimum atomic E-state index is -0.282. The molecule has 106 valence electrons. The summed E-state index contributed by atoms with van der Waals surface area (Å²) in [6.07, 6.45) is 8.53. The molecule has 19 heavy (non-hydrogen) atoms. The highest BCUT2D eigenvalue weighted by Gasteiger charge is 2.07. The maximum atomic E-state index is 11.1. The lowest BCUT2D eigenvalue weighted by Crippen LogP contribution is -2.29. The van der Waals surface area contributed by atoms with E-state index in [1.807, 2.05) is 0 Å². The number of ether oxygens (including phenoxy) is 1. The van der Waals surface area contributed by atoms with Gasteiger partial charge in [0.25, 0.3) is 5.82 Å². The minimum Gasteiger partial charge on any atom is -0.462 e. The molecule has 1 heterocycles. The molecule has 0 aliphatic heterocycles. The molecular formula is C15H25N2O2+. The lowest BCUT2D eigenvalue weighted by Gasteiger charge is -2.04. The zero-order valence-electron chi connectivity index (χ0n) is 12.3. The molecule has 0 amide bonds. The van der Waals surface area contributed by atoms with E-state index in [4.69, 9.17) is 4.74 Å². The SMILES string of the molecule is C=C(C)C(=O)OCCCCCCn1cc[n+](C)c1C. The highest BCUT2D eigenvalue weighted by Crippen LogP contribution is 2.04. The molecule has 0 aliphatic rings. The first-order valence-corrected chi connectivity index (χ1v) is 6.86. The average molecular weight is 265 g/mol. The zero-order chi connectivity index (χ0) is 14.3. The van der Waals surface area contributed by atoms with Crippen LogP contribution in [0, 0.1) is 6.92 Å². The second-order valence-electron chi connectivity index (χ2n) is 4.98. The number of hydrogen-bond acceptors (Lipinski definition) is 2. The van der Waals surface area contributed by atoms with E-state index in [-0.39, 0.29) is 5.97 Å². The fourth-order valence-corrected chi connectivity index (χ4v) is 1.86. The molecule has 4 heteroatoms. The summed E-state index contributed by atoms with van der Waals surface area (Å²) < 4.78 is 9.43. The molecule has 0 aromatic carbocycles. The van der Waals surface area contributed by atoms with E-state index in [1.54, 1.807) is 6.92 Å². The van der Waals surface area contributed by atoms with Gasteiger partial charge in [-0.15, -0.1) is 0 Å². The molecule has 1 rings (SSSR count). The largest absolute Gasteiger partial charge is 0.462 e. The lowest BCUT2D eigenvalue weighted by atomic mass is 10.2. The molecule has 0 saturated heterocycles. The Morgan fingerprint density at radius 1 is 1.37 bits per heavy atom. The number of aryl methyl sites for hydroxylation is 2. The Bertz CT molecular complexity index is 435. The number of carbonyl (C=O) groups is 1. The van der Waals surface area contributed by atoms with E-state index in [0.717, 1.165) is 32.2 Å². The number of carbonyl (C=O) groups excluding carboxylic acids is 1. The third-order valence-corrected chi connectivity index (χ3v) is 3.27. The van der Waals surface area contributed by atoms with Crippen LogP contribution in [0.1, 0.15) is 38.4 Å². The van der Waals surface area contributed by atoms with Gasteiger partial charge in [-0.2, -0.15) is 0 Å². The van der Waals surface area contributed by atoms with Gasteiger partial charge in [-0.25, -0.2) is 13.9 Å². The van der Waals surface area contributed by atoms with Gasteiger partial charge in [0.1, 0.15) is 12.4 Å². The number of imidazole rings is 1. The van der Waals surface area contributed by atoms with E-state index in [9.17, 15) is 4.79 Å². The van der Waals surface area contributed by atoms with Gasteiger partial charge >= 0.3 is 5.97 Å². The maximum absolute atomic E-state index is 11.1. The van der Waals surface area contributed by atoms with Crippen LogP contribution in [-0.4, -0.2) is 17.1 Å². The summed E-state index contributed by atoms with van der Waals surface area (Å²) in [7, 11) is 2.06. The number of rotatable bonds is 8. The average Bonchev–Trinajstić information content (AvgIpc) is 2.69. The fourth-order valence-electron chi connectivity index (χ4n) is 1.86. The zero-order valence-corrected chi connectivity index (χ0v) is 12.3. The Kier molecular flexibility index (Phi) is 6.33. The van der Waals surface area contributed by atoms with Gasteiger partial charge in [0.05, 0.1) is 20.2 Å². The van der Waals surface area contributed by atoms with Crippen molar-refractivity contribution in [3.8, 4) is 0 Å². The molecule has 0 unspecified atom stereocenters. The summed E-state index contributed by atoms with van der Waals surface area (Å²) in [6, 6.07) is 0. The van der Waals surface area contributed by atoms with Crippen molar-refractivity contribution in [2.45, 2.75) is 46.1 Å². The number of hydrogen-bond donors (Lipinski definition) is 0. The van der Waals surface area contributed by atoms with Crippen molar-refractivity contribution in [2.24, 2.45) is 7.05 Å². The molecule has 0 aliphatic carbocycles. The van der Waals surface area contributed by atoms with Crippen LogP contribution in [0.2, 0.25) is 0 Å². The van der Waals surface area contributed by atoms with E-state index in [1.165, 1.54) is 5.82 Å². The van der Waals surface area contributed by atoms with Crippen molar-refractivity contribution in [1.29, 1.82) is 0 Å². The quantitative estimate of drug-likeness (QED) is 0.313. The third-order valence-electron chi connectivity index (χ3n) is 3.27. The first-order chi connectivity index (χ1) is 9.02. The molecule has 0 saturated carbocycles. The molecular weight excluding hydrogens is 240 g/mol. The fraction of sp³-hybridized carbons (Fsp3) is 0.600. The van der Waals surface area contributed by atoms with Crippen LogP contribution in [0.5, 0.6) is 0 Å². The number of esters is 1. The normalized spacial score (nSPS) is 10.5. The molecule has 1 aromatic rings. The van der Waals surface area contributed by atoms with Gasteiger partial charge in [-0.05, 0) is 32.6 Å². The van der Waals surface area contributed by atoms with Crippen LogP contribution in [0.15, 0.2) is 24.5 Å². The summed E-state index contributed by atoms with van der Waals surface area (Å²) in [4.78, 5) is 11.1. The Hall–Kier alpha value is -1.58. The molecule has 0 fully saturated rings. The van der Waals surface area contributed by atoms with Crippen LogP contribution >= 0.6 is 0 Å². The van der Waals surface area contributed by atoms with Gasteiger partial charge in [-0.3, -0.25) is 0 Å². The standard InChI is InChI=1S/C15H25N2O2/c1-13(2)15(18)19-12-8-6-5-7-9-17-11-10-16(4)14(17)3/h10-11H,1,5-9,12H2,2-4H3/q+1. The van der Waals surface area contributed by atoms with Crippen LogP contribution in [0.3, 0.4) is 0 Å². The van der Waals surface area contributed by atoms with Crippen molar-refractivity contribution in [2.75, 3.05) is 6.61 Å². The van der Waals surface area contributed by atoms with E-state index in [0.29, 0.717) is 12.2 Å². The van der Waals surface area contributed by atoms with Gasteiger partial charge in [-0.1, -0.05) is 6.58 Å². The topological polar surface area (TPSA) is 35.1 Å². The highest BCUT2D eigenvalue weighted by atomic mass is 16.5. The molecule has 0 N–H and O–H groups in total. The van der Waals surface area contributed by atoms with Crippen molar-refractivity contribution < 1.29 is 14.1 Å². The number of nitrogens with zero attached hydrogens (tertiary/aromatic N) is 2. The molecule has 4 nitrogen and oxygen atoms in total. The molecule has 0 spiro atoms. The van der Waals surface area contributed by atoms with Crippen LogP contribution in [0.25, 0.3) is 0 Å². The van der Waals surface area contributed by atoms with Crippen LogP contribution < -0.4 is 4.57 Å². The molecule has 0 atom stereocenters.